The molecule has 0 spiro atoms. The topological polar surface area (TPSA) is 96.5 Å². The monoisotopic (exact) mass is 361 g/mol. The third kappa shape index (κ3) is 2.79. The predicted octanol–water partition coefficient (Wildman–Crippen LogP) is 3.00. The number of hydrogen-bond acceptors (Lipinski definition) is 6. The third-order valence-corrected chi connectivity index (χ3v) is 4.35. The maximum Gasteiger partial charge on any atom is 0.301 e. The molecule has 3 aromatic rings. The van der Waals surface area contributed by atoms with Crippen LogP contribution < -0.4 is 4.90 Å². The molecule has 1 atom stereocenters. The summed E-state index contributed by atoms with van der Waals surface area (Å²) in [6.07, 6.45) is 3.14. The van der Waals surface area contributed by atoms with E-state index in [0.29, 0.717) is 16.9 Å². The van der Waals surface area contributed by atoms with Gasteiger partial charge < -0.3 is 9.63 Å². The van der Waals surface area contributed by atoms with Crippen LogP contribution in [-0.2, 0) is 9.59 Å². The van der Waals surface area contributed by atoms with E-state index in [4.69, 9.17) is 4.52 Å². The molecule has 4 rings (SSSR count). The van der Waals surface area contributed by atoms with E-state index in [1.807, 2.05) is 0 Å². The summed E-state index contributed by atoms with van der Waals surface area (Å²) in [5, 5.41) is 14.7. The van der Waals surface area contributed by atoms with Crippen molar-refractivity contribution in [2.75, 3.05) is 4.90 Å². The molecule has 134 valence electrons. The summed E-state index contributed by atoms with van der Waals surface area (Å²) in [5.74, 6) is -1.11. The highest BCUT2D eigenvalue weighted by molar-refractivity contribution is 6.51. The van der Waals surface area contributed by atoms with Crippen molar-refractivity contribution < 1.29 is 19.2 Å². The molecule has 1 aliphatic rings. The number of rotatable bonds is 3. The second kappa shape index (κ2) is 6.53. The van der Waals surface area contributed by atoms with E-state index in [1.165, 1.54) is 4.90 Å². The lowest BCUT2D eigenvalue weighted by Gasteiger charge is -2.22. The number of benzene rings is 1. The quantitative estimate of drug-likeness (QED) is 0.438. The first-order valence-corrected chi connectivity index (χ1v) is 8.27. The summed E-state index contributed by atoms with van der Waals surface area (Å²) in [6.45, 7) is 1.69. The van der Waals surface area contributed by atoms with Crippen LogP contribution in [0.3, 0.4) is 0 Å². The van der Waals surface area contributed by atoms with E-state index in [-0.39, 0.29) is 17.2 Å². The highest BCUT2D eigenvalue weighted by Gasteiger charge is 2.48. The first-order valence-electron chi connectivity index (χ1n) is 8.27. The van der Waals surface area contributed by atoms with Gasteiger partial charge in [-0.15, -0.1) is 0 Å². The Balaban J connectivity index is 1.94. The first-order chi connectivity index (χ1) is 13.1. The Kier molecular flexibility index (Phi) is 4.04. The molecule has 7 heteroatoms. The number of hydrogen-bond donors (Lipinski definition) is 1. The highest BCUT2D eigenvalue weighted by atomic mass is 16.5. The number of aliphatic hydroxyl groups is 1. The van der Waals surface area contributed by atoms with Crippen molar-refractivity contribution in [2.24, 2.45) is 0 Å². The molecule has 1 saturated heterocycles. The predicted molar refractivity (Wildman–Crippen MR) is 96.7 cm³/mol. The van der Waals surface area contributed by atoms with Crippen LogP contribution in [0.4, 0.5) is 5.82 Å². The van der Waals surface area contributed by atoms with Gasteiger partial charge in [-0.1, -0.05) is 41.6 Å². The Morgan fingerprint density at radius 2 is 1.93 bits per heavy atom. The van der Waals surface area contributed by atoms with Crippen LogP contribution in [-0.4, -0.2) is 26.9 Å². The molecular weight excluding hydrogens is 346 g/mol. The minimum Gasteiger partial charge on any atom is -0.507 e. The number of anilines is 1. The summed E-state index contributed by atoms with van der Waals surface area (Å²) in [7, 11) is 0. The van der Waals surface area contributed by atoms with Crippen molar-refractivity contribution >= 4 is 23.3 Å². The number of aryl methyl sites for hydroxylation is 1. The van der Waals surface area contributed by atoms with Crippen molar-refractivity contribution in [3.05, 3.63) is 83.4 Å². The van der Waals surface area contributed by atoms with Gasteiger partial charge in [-0.05, 0) is 18.6 Å². The van der Waals surface area contributed by atoms with Crippen LogP contribution in [0.15, 0.2) is 71.0 Å². The fourth-order valence-electron chi connectivity index (χ4n) is 3.14. The average molecular weight is 361 g/mol. The van der Waals surface area contributed by atoms with E-state index in [2.05, 4.69) is 10.1 Å². The molecule has 1 fully saturated rings. The summed E-state index contributed by atoms with van der Waals surface area (Å²) in [5.41, 5.74) is 1.01. The minimum absolute atomic E-state index is 0.0140. The zero-order valence-electron chi connectivity index (χ0n) is 14.4. The van der Waals surface area contributed by atoms with Gasteiger partial charge in [0, 0.05) is 24.0 Å². The summed E-state index contributed by atoms with van der Waals surface area (Å²) >= 11 is 0. The first kappa shape index (κ1) is 16.7. The maximum atomic E-state index is 12.8. The van der Waals surface area contributed by atoms with Crippen molar-refractivity contribution in [1.82, 2.24) is 10.1 Å². The molecule has 0 radical (unpaired) electrons. The Bertz CT molecular complexity index is 1040. The van der Waals surface area contributed by atoms with Crippen molar-refractivity contribution in [1.29, 1.82) is 0 Å². The zero-order valence-corrected chi connectivity index (χ0v) is 14.4. The Morgan fingerprint density at radius 3 is 2.56 bits per heavy atom. The lowest BCUT2D eigenvalue weighted by Crippen LogP contribution is -2.29. The summed E-state index contributed by atoms with van der Waals surface area (Å²) in [6, 6.07) is 12.8. The highest BCUT2D eigenvalue weighted by Crippen LogP contribution is 2.41. The SMILES string of the molecule is Cc1cc(N2C(=O)C(=O)/C(=C(\O)c3ccccc3)C2c2cccnc2)no1. The molecule has 2 aromatic heterocycles. The lowest BCUT2D eigenvalue weighted by atomic mass is 9.96. The Morgan fingerprint density at radius 1 is 1.15 bits per heavy atom. The van der Waals surface area contributed by atoms with Gasteiger partial charge in [-0.25, -0.2) is 0 Å². The number of pyridine rings is 1. The van der Waals surface area contributed by atoms with E-state index in [1.54, 1.807) is 67.8 Å². The van der Waals surface area contributed by atoms with Gasteiger partial charge in [-0.3, -0.25) is 19.5 Å². The van der Waals surface area contributed by atoms with Crippen LogP contribution in [0.5, 0.6) is 0 Å². The number of carbonyl (C=O) groups is 2. The number of aliphatic hydroxyl groups excluding tert-OH is 1. The van der Waals surface area contributed by atoms with Crippen LogP contribution >= 0.6 is 0 Å². The largest absolute Gasteiger partial charge is 0.507 e. The summed E-state index contributed by atoms with van der Waals surface area (Å²) < 4.78 is 5.08. The van der Waals surface area contributed by atoms with Gasteiger partial charge in [0.05, 0.1) is 11.6 Å². The van der Waals surface area contributed by atoms with Gasteiger partial charge >= 0.3 is 5.91 Å². The molecule has 1 unspecified atom stereocenters. The van der Waals surface area contributed by atoms with E-state index >= 15 is 0 Å². The van der Waals surface area contributed by atoms with Crippen LogP contribution in [0.2, 0.25) is 0 Å². The van der Waals surface area contributed by atoms with E-state index in [0.717, 1.165) is 0 Å². The molecule has 0 saturated carbocycles. The standard InChI is InChI=1S/C20H15N3O4/c1-12-10-15(22-27-12)23-17(14-8-5-9-21-11-14)16(19(25)20(23)26)18(24)13-6-3-2-4-7-13/h2-11,17,24H,1H3/b18-16-. The molecule has 1 N–H and O–H groups in total. The fraction of sp³-hybridized carbons (Fsp3) is 0.100. The van der Waals surface area contributed by atoms with Crippen molar-refractivity contribution in [3.63, 3.8) is 0 Å². The summed E-state index contributed by atoms with van der Waals surface area (Å²) in [4.78, 5) is 30.9. The maximum absolute atomic E-state index is 12.8. The second-order valence-electron chi connectivity index (χ2n) is 6.12. The fourth-order valence-corrected chi connectivity index (χ4v) is 3.14. The normalized spacial score (nSPS) is 18.9. The van der Waals surface area contributed by atoms with Gasteiger partial charge in [0.25, 0.3) is 5.78 Å². The molecule has 1 aromatic carbocycles. The molecule has 27 heavy (non-hydrogen) atoms. The molecule has 3 heterocycles. The molecule has 1 amide bonds. The van der Waals surface area contributed by atoms with Gasteiger partial charge in [0.1, 0.15) is 11.5 Å². The van der Waals surface area contributed by atoms with Crippen LogP contribution in [0.25, 0.3) is 5.76 Å². The van der Waals surface area contributed by atoms with Crippen molar-refractivity contribution in [2.45, 2.75) is 13.0 Å². The number of Topliss-reactive ketones (excluding diaryl/α,β-unsaturated/α-hetero) is 1. The molecule has 0 bridgehead atoms. The third-order valence-electron chi connectivity index (χ3n) is 4.35. The van der Waals surface area contributed by atoms with Gasteiger partial charge in [0.15, 0.2) is 5.82 Å². The number of ketones is 1. The van der Waals surface area contributed by atoms with Gasteiger partial charge in [0.2, 0.25) is 0 Å². The number of aromatic nitrogens is 2. The second-order valence-corrected chi connectivity index (χ2v) is 6.12. The minimum atomic E-state index is -0.858. The van der Waals surface area contributed by atoms with E-state index < -0.39 is 17.7 Å². The van der Waals surface area contributed by atoms with Crippen LogP contribution in [0.1, 0.15) is 22.9 Å². The molecular formula is C20H15N3O4. The molecule has 0 aliphatic carbocycles. The number of nitrogens with zero attached hydrogens (tertiary/aromatic N) is 3. The average Bonchev–Trinajstić information content (AvgIpc) is 3.24. The smallest absolute Gasteiger partial charge is 0.301 e. The van der Waals surface area contributed by atoms with Crippen LogP contribution in [0, 0.1) is 6.92 Å². The molecule has 1 aliphatic heterocycles. The van der Waals surface area contributed by atoms with E-state index in [9.17, 15) is 14.7 Å². The zero-order chi connectivity index (χ0) is 19.0. The Hall–Kier alpha value is -3.74. The lowest BCUT2D eigenvalue weighted by molar-refractivity contribution is -0.132. The number of carbonyl (C=O) groups excluding carboxylic acids is 2. The molecule has 7 nitrogen and oxygen atoms in total. The van der Waals surface area contributed by atoms with Crippen molar-refractivity contribution in [3.8, 4) is 0 Å². The number of amides is 1. The van der Waals surface area contributed by atoms with Gasteiger partial charge in [-0.2, -0.15) is 0 Å². The Labute approximate surface area is 154 Å².